The molecule has 3 rings (SSSR count). The van der Waals surface area contributed by atoms with E-state index in [1.165, 1.54) is 10.6 Å². The summed E-state index contributed by atoms with van der Waals surface area (Å²) in [4.78, 5) is 15.2. The Hall–Kier alpha value is -2.73. The van der Waals surface area contributed by atoms with Crippen LogP contribution in [-0.2, 0) is 4.74 Å². The molecule has 2 aromatic heterocycles. The lowest BCUT2D eigenvalue weighted by atomic mass is 10.0. The Morgan fingerprint density at radius 3 is 2.64 bits per heavy atom. The van der Waals surface area contributed by atoms with Crippen LogP contribution < -0.4 is 0 Å². The third-order valence-corrected chi connectivity index (χ3v) is 3.60. The summed E-state index contributed by atoms with van der Waals surface area (Å²) in [6.45, 7) is 1.99. The van der Waals surface area contributed by atoms with Crippen LogP contribution in [0.1, 0.15) is 29.1 Å². The first-order chi connectivity index (χ1) is 10.6. The summed E-state index contributed by atoms with van der Waals surface area (Å²) < 4.78 is 6.76. The van der Waals surface area contributed by atoms with Gasteiger partial charge in [-0.2, -0.15) is 5.10 Å². The maximum atomic E-state index is 10.9. The Balaban J connectivity index is 1.97. The zero-order valence-electron chi connectivity index (χ0n) is 12.2. The monoisotopic (exact) mass is 297 g/mol. The van der Waals surface area contributed by atoms with Gasteiger partial charge in [0.05, 0.1) is 6.10 Å². The Kier molecular flexibility index (Phi) is 3.60. The Morgan fingerprint density at radius 1 is 1.27 bits per heavy atom. The second kappa shape index (κ2) is 5.57. The number of fused-ring (bicyclic) bond motifs is 1. The molecule has 0 spiro atoms. The number of carboxylic acids is 1. The topological polar surface area (TPSA) is 76.7 Å². The summed E-state index contributed by atoms with van der Waals surface area (Å²) in [6.07, 6.45) is 3.51. The minimum absolute atomic E-state index is 0.0195. The van der Waals surface area contributed by atoms with Crippen LogP contribution >= 0.6 is 0 Å². The lowest BCUT2D eigenvalue weighted by molar-refractivity contribution is 0.0690. The normalized spacial score (nSPS) is 12.5. The molecule has 0 aliphatic carbocycles. The number of carbonyl (C=O) groups is 1. The van der Waals surface area contributed by atoms with Gasteiger partial charge in [-0.1, -0.05) is 24.3 Å². The molecule has 1 aromatic carbocycles. The lowest BCUT2D eigenvalue weighted by Gasteiger charge is -2.10. The zero-order valence-corrected chi connectivity index (χ0v) is 12.2. The second-order valence-corrected chi connectivity index (χ2v) is 4.98. The number of aromatic nitrogens is 3. The molecule has 0 fully saturated rings. The van der Waals surface area contributed by atoms with E-state index >= 15 is 0 Å². The van der Waals surface area contributed by atoms with E-state index in [4.69, 9.17) is 9.84 Å². The van der Waals surface area contributed by atoms with Crippen molar-refractivity contribution in [3.63, 3.8) is 0 Å². The summed E-state index contributed by atoms with van der Waals surface area (Å²) in [5, 5.41) is 13.0. The van der Waals surface area contributed by atoms with Crippen molar-refractivity contribution in [3.8, 4) is 11.1 Å². The number of methoxy groups -OCH3 is 1. The highest BCUT2D eigenvalue weighted by molar-refractivity contribution is 5.86. The molecule has 2 heterocycles. The van der Waals surface area contributed by atoms with Crippen molar-refractivity contribution in [2.75, 3.05) is 7.11 Å². The highest BCUT2D eigenvalue weighted by Gasteiger charge is 2.10. The quantitative estimate of drug-likeness (QED) is 0.801. The van der Waals surface area contributed by atoms with Crippen LogP contribution in [0.3, 0.4) is 0 Å². The van der Waals surface area contributed by atoms with Gasteiger partial charge in [0.1, 0.15) is 0 Å². The van der Waals surface area contributed by atoms with Crippen LogP contribution in [0.2, 0.25) is 0 Å². The Bertz CT molecular complexity index is 824. The van der Waals surface area contributed by atoms with Gasteiger partial charge in [-0.05, 0) is 18.1 Å². The van der Waals surface area contributed by atoms with Gasteiger partial charge in [-0.3, -0.25) is 0 Å². The van der Waals surface area contributed by atoms with Gasteiger partial charge in [0.2, 0.25) is 0 Å². The molecule has 1 atom stereocenters. The summed E-state index contributed by atoms with van der Waals surface area (Å²) >= 11 is 0. The third-order valence-electron chi connectivity index (χ3n) is 3.60. The zero-order chi connectivity index (χ0) is 15.7. The number of carboxylic acid groups (broad SMARTS) is 1. The molecule has 0 saturated carbocycles. The molecule has 1 N–H and O–H groups in total. The highest BCUT2D eigenvalue weighted by atomic mass is 16.5. The number of nitrogens with zero attached hydrogens (tertiary/aromatic N) is 3. The van der Waals surface area contributed by atoms with Crippen LogP contribution in [0.4, 0.5) is 0 Å². The molecule has 1 unspecified atom stereocenters. The predicted octanol–water partition coefficient (Wildman–Crippen LogP) is 2.80. The number of hydrogen-bond donors (Lipinski definition) is 1. The molecule has 112 valence electrons. The summed E-state index contributed by atoms with van der Waals surface area (Å²) in [5.41, 5.74) is 3.42. The van der Waals surface area contributed by atoms with Gasteiger partial charge < -0.3 is 9.84 Å². The van der Waals surface area contributed by atoms with E-state index in [0.717, 1.165) is 16.7 Å². The fraction of sp³-hybridized carbons (Fsp3) is 0.188. The molecule has 0 saturated heterocycles. The standard InChI is InChI=1S/C16H15N3O3/c1-10(22-2)11-3-5-12(6-4-11)13-8-17-15-7-14(16(20)21)18-19(15)9-13/h3-10H,1-2H3,(H,20,21). The first kappa shape index (κ1) is 14.2. The SMILES string of the molecule is COC(C)c1ccc(-c2cnc3cc(C(=O)O)nn3c2)cc1. The molecule has 0 radical (unpaired) electrons. The fourth-order valence-electron chi connectivity index (χ4n) is 2.21. The van der Waals surface area contributed by atoms with Gasteiger partial charge in [0.25, 0.3) is 0 Å². The molecule has 3 aromatic rings. The van der Waals surface area contributed by atoms with E-state index in [1.54, 1.807) is 19.5 Å². The molecule has 0 amide bonds. The van der Waals surface area contributed by atoms with Crippen LogP contribution in [0.25, 0.3) is 16.8 Å². The van der Waals surface area contributed by atoms with E-state index < -0.39 is 5.97 Å². The van der Waals surface area contributed by atoms with Crippen molar-refractivity contribution >= 4 is 11.6 Å². The molecule has 0 aliphatic heterocycles. The van der Waals surface area contributed by atoms with Crippen molar-refractivity contribution in [2.24, 2.45) is 0 Å². The van der Waals surface area contributed by atoms with Gasteiger partial charge in [0, 0.05) is 31.1 Å². The van der Waals surface area contributed by atoms with Crippen molar-refractivity contribution in [1.82, 2.24) is 14.6 Å². The first-order valence-electron chi connectivity index (χ1n) is 6.80. The van der Waals surface area contributed by atoms with E-state index in [0.29, 0.717) is 5.65 Å². The molecule has 22 heavy (non-hydrogen) atoms. The summed E-state index contributed by atoms with van der Waals surface area (Å²) in [5.74, 6) is -1.06. The number of hydrogen-bond acceptors (Lipinski definition) is 4. The van der Waals surface area contributed by atoms with Gasteiger partial charge in [-0.15, -0.1) is 0 Å². The second-order valence-electron chi connectivity index (χ2n) is 4.98. The van der Waals surface area contributed by atoms with Crippen molar-refractivity contribution in [3.05, 3.63) is 54.0 Å². The number of ether oxygens (including phenoxy) is 1. The van der Waals surface area contributed by atoms with E-state index in [9.17, 15) is 4.79 Å². The molecular weight excluding hydrogens is 282 g/mol. The third kappa shape index (κ3) is 2.56. The molecule has 6 nitrogen and oxygen atoms in total. The maximum absolute atomic E-state index is 10.9. The van der Waals surface area contributed by atoms with Crippen molar-refractivity contribution < 1.29 is 14.6 Å². The van der Waals surface area contributed by atoms with Crippen LogP contribution in [0, 0.1) is 0 Å². The molecular formula is C16H15N3O3. The maximum Gasteiger partial charge on any atom is 0.356 e. The average Bonchev–Trinajstić information content (AvgIpc) is 2.97. The Morgan fingerprint density at radius 2 is 2.00 bits per heavy atom. The lowest BCUT2D eigenvalue weighted by Crippen LogP contribution is -1.98. The molecule has 0 aliphatic rings. The highest BCUT2D eigenvalue weighted by Crippen LogP contribution is 2.23. The van der Waals surface area contributed by atoms with Crippen LogP contribution in [-0.4, -0.2) is 32.8 Å². The van der Waals surface area contributed by atoms with Crippen molar-refractivity contribution in [1.29, 1.82) is 0 Å². The number of benzene rings is 1. The first-order valence-corrected chi connectivity index (χ1v) is 6.80. The average molecular weight is 297 g/mol. The number of aromatic carboxylic acids is 1. The largest absolute Gasteiger partial charge is 0.476 e. The van der Waals surface area contributed by atoms with Crippen LogP contribution in [0.5, 0.6) is 0 Å². The van der Waals surface area contributed by atoms with Gasteiger partial charge in [0.15, 0.2) is 11.3 Å². The van der Waals surface area contributed by atoms with Gasteiger partial charge >= 0.3 is 5.97 Å². The predicted molar refractivity (Wildman–Crippen MR) is 80.8 cm³/mol. The smallest absolute Gasteiger partial charge is 0.356 e. The van der Waals surface area contributed by atoms with E-state index in [2.05, 4.69) is 10.1 Å². The van der Waals surface area contributed by atoms with Gasteiger partial charge in [-0.25, -0.2) is 14.3 Å². The van der Waals surface area contributed by atoms with E-state index in [-0.39, 0.29) is 11.8 Å². The number of rotatable bonds is 4. The minimum Gasteiger partial charge on any atom is -0.476 e. The summed E-state index contributed by atoms with van der Waals surface area (Å²) in [6, 6.07) is 9.40. The Labute approximate surface area is 127 Å². The van der Waals surface area contributed by atoms with Crippen LogP contribution in [0.15, 0.2) is 42.7 Å². The molecule has 6 heteroatoms. The fourth-order valence-corrected chi connectivity index (χ4v) is 2.21. The van der Waals surface area contributed by atoms with Crippen molar-refractivity contribution in [2.45, 2.75) is 13.0 Å². The molecule has 0 bridgehead atoms. The van der Waals surface area contributed by atoms with E-state index in [1.807, 2.05) is 31.2 Å². The summed E-state index contributed by atoms with van der Waals surface area (Å²) in [7, 11) is 1.67. The minimum atomic E-state index is -1.06.